The molecule has 1 atom stereocenters. The molecular weight excluding hydrogens is 472 g/mol. The van der Waals surface area contributed by atoms with Crippen molar-refractivity contribution in [3.63, 3.8) is 0 Å². The van der Waals surface area contributed by atoms with Crippen LogP contribution in [0.25, 0.3) is 0 Å². The highest BCUT2D eigenvalue weighted by Crippen LogP contribution is 2.32. The first-order chi connectivity index (χ1) is 16.8. The lowest BCUT2D eigenvalue weighted by Gasteiger charge is -2.44. The van der Waals surface area contributed by atoms with Gasteiger partial charge in [0, 0.05) is 23.7 Å². The number of para-hydroxylation sites is 1. The zero-order valence-electron chi connectivity index (χ0n) is 19.6. The Bertz CT molecular complexity index is 1290. The fourth-order valence-electron chi connectivity index (χ4n) is 4.19. The third kappa shape index (κ3) is 4.46. The summed E-state index contributed by atoms with van der Waals surface area (Å²) >= 11 is 6.38. The molecule has 1 N–H and O–H groups in total. The van der Waals surface area contributed by atoms with Gasteiger partial charge in [-0.15, -0.1) is 0 Å². The maximum absolute atomic E-state index is 13.7. The number of methoxy groups -OCH3 is 2. The van der Waals surface area contributed by atoms with E-state index in [0.717, 1.165) is 5.56 Å². The lowest BCUT2D eigenvalue weighted by molar-refractivity contribution is -0.133. The maximum atomic E-state index is 13.7. The number of rotatable bonds is 7. The van der Waals surface area contributed by atoms with Gasteiger partial charge in [0.2, 0.25) is 5.91 Å². The van der Waals surface area contributed by atoms with Gasteiger partial charge in [-0.25, -0.2) is 9.78 Å². The van der Waals surface area contributed by atoms with Crippen molar-refractivity contribution in [1.29, 1.82) is 0 Å². The summed E-state index contributed by atoms with van der Waals surface area (Å²) in [5, 5.41) is 3.40. The summed E-state index contributed by atoms with van der Waals surface area (Å²) in [5.41, 5.74) is 0.123. The third-order valence-corrected chi connectivity index (χ3v) is 6.51. The molecule has 0 bridgehead atoms. The van der Waals surface area contributed by atoms with Gasteiger partial charge >= 0.3 is 5.97 Å². The van der Waals surface area contributed by atoms with Gasteiger partial charge in [-0.2, -0.15) is 0 Å². The number of amides is 2. The average Bonchev–Trinajstić information content (AvgIpc) is 3.29. The molecular formula is C25H25ClN4O5. The smallest absolute Gasteiger partial charge is 0.359 e. The van der Waals surface area contributed by atoms with E-state index >= 15 is 0 Å². The number of esters is 1. The van der Waals surface area contributed by atoms with Crippen LogP contribution in [0.5, 0.6) is 5.75 Å². The Labute approximate surface area is 207 Å². The number of fused-ring (bicyclic) bond motifs is 1. The number of ether oxygens (including phenoxy) is 2. The van der Waals surface area contributed by atoms with Gasteiger partial charge in [0.05, 0.1) is 27.1 Å². The summed E-state index contributed by atoms with van der Waals surface area (Å²) in [5.74, 6) is -0.981. The first-order valence-electron chi connectivity index (χ1n) is 10.9. The van der Waals surface area contributed by atoms with Crippen molar-refractivity contribution in [2.24, 2.45) is 0 Å². The Hall–Kier alpha value is -3.85. The van der Waals surface area contributed by atoms with E-state index in [-0.39, 0.29) is 36.9 Å². The van der Waals surface area contributed by atoms with Gasteiger partial charge in [0.1, 0.15) is 17.0 Å². The van der Waals surface area contributed by atoms with Gasteiger partial charge in [-0.3, -0.25) is 9.59 Å². The predicted octanol–water partition coefficient (Wildman–Crippen LogP) is 3.06. The summed E-state index contributed by atoms with van der Waals surface area (Å²) in [6.07, 6.45) is 1.37. The molecule has 35 heavy (non-hydrogen) atoms. The minimum Gasteiger partial charge on any atom is -0.496 e. The van der Waals surface area contributed by atoms with Crippen LogP contribution in [0.1, 0.15) is 39.0 Å². The number of carbonyl (C=O) groups is 3. The molecule has 0 saturated carbocycles. The lowest BCUT2D eigenvalue weighted by atomic mass is 9.93. The summed E-state index contributed by atoms with van der Waals surface area (Å²) in [6.45, 7) is 2.03. The highest BCUT2D eigenvalue weighted by molar-refractivity contribution is 6.31. The molecule has 10 heteroatoms. The number of aromatic nitrogens is 2. The molecule has 1 aliphatic heterocycles. The zero-order chi connectivity index (χ0) is 25.2. The van der Waals surface area contributed by atoms with E-state index in [4.69, 9.17) is 21.1 Å². The Morgan fingerprint density at radius 3 is 2.49 bits per heavy atom. The fraction of sp³-hybridized carbons (Fsp3) is 0.280. The molecule has 2 aromatic carbocycles. The predicted molar refractivity (Wildman–Crippen MR) is 128 cm³/mol. The molecule has 182 valence electrons. The van der Waals surface area contributed by atoms with Crippen molar-refractivity contribution in [3.8, 4) is 5.75 Å². The highest BCUT2D eigenvalue weighted by atomic mass is 35.5. The van der Waals surface area contributed by atoms with Crippen LogP contribution < -0.4 is 10.1 Å². The van der Waals surface area contributed by atoms with E-state index in [1.165, 1.54) is 22.9 Å². The fourth-order valence-corrected chi connectivity index (χ4v) is 4.39. The minimum absolute atomic E-state index is 0.0584. The summed E-state index contributed by atoms with van der Waals surface area (Å²) in [4.78, 5) is 45.1. The lowest BCUT2D eigenvalue weighted by Crippen LogP contribution is -2.63. The maximum Gasteiger partial charge on any atom is 0.359 e. The van der Waals surface area contributed by atoms with Crippen molar-refractivity contribution in [3.05, 3.63) is 82.4 Å². The number of nitrogens with zero attached hydrogens (tertiary/aromatic N) is 3. The van der Waals surface area contributed by atoms with Crippen LogP contribution in [0.2, 0.25) is 5.02 Å². The number of hydrogen-bond acceptors (Lipinski definition) is 6. The summed E-state index contributed by atoms with van der Waals surface area (Å²) in [6, 6.07) is 14.5. The van der Waals surface area contributed by atoms with Crippen molar-refractivity contribution in [2.45, 2.75) is 32.1 Å². The third-order valence-electron chi connectivity index (χ3n) is 6.15. The summed E-state index contributed by atoms with van der Waals surface area (Å²) < 4.78 is 11.7. The van der Waals surface area contributed by atoms with Gasteiger partial charge in [0.15, 0.2) is 5.69 Å². The molecule has 3 aromatic rings. The number of nitrogens with one attached hydrogen (secondary N) is 1. The van der Waals surface area contributed by atoms with Crippen molar-refractivity contribution < 1.29 is 23.9 Å². The SMILES string of the molecule is COC(=O)c1ncn2c1C(=O)N(Cc1ccccc1Cl)[C@@](C)(C(=O)NCc1ccccc1OC)C2. The Morgan fingerprint density at radius 1 is 1.11 bits per heavy atom. The molecule has 4 rings (SSSR count). The molecule has 0 unspecified atom stereocenters. The number of imidazole rings is 1. The van der Waals surface area contributed by atoms with Gasteiger partial charge in [-0.05, 0) is 24.6 Å². The Morgan fingerprint density at radius 2 is 1.80 bits per heavy atom. The first-order valence-corrected chi connectivity index (χ1v) is 11.3. The van der Waals surface area contributed by atoms with Crippen LogP contribution in [0.4, 0.5) is 0 Å². The second-order valence-electron chi connectivity index (χ2n) is 8.31. The van der Waals surface area contributed by atoms with Gasteiger partial charge in [0.25, 0.3) is 5.91 Å². The standard InChI is InChI=1S/C25H25ClN4O5/c1-25(24(33)27-12-16-8-5-7-11-19(16)34-2)14-29-15-28-20(23(32)35-3)21(29)22(31)30(25)13-17-9-4-6-10-18(17)26/h4-11,15H,12-14H2,1-3H3,(H,27,33)/t25-/m1/s1. The Kier molecular flexibility index (Phi) is 6.79. The molecule has 0 radical (unpaired) electrons. The second-order valence-corrected chi connectivity index (χ2v) is 8.72. The Balaban J connectivity index is 1.71. The molecule has 2 heterocycles. The van der Waals surface area contributed by atoms with Crippen molar-refractivity contribution >= 4 is 29.4 Å². The monoisotopic (exact) mass is 496 g/mol. The number of halogens is 1. The number of benzene rings is 2. The van der Waals surface area contributed by atoms with Crippen LogP contribution >= 0.6 is 11.6 Å². The van der Waals surface area contributed by atoms with Crippen LogP contribution in [0, 0.1) is 0 Å². The molecule has 1 aliphatic rings. The van der Waals surface area contributed by atoms with E-state index in [1.54, 1.807) is 38.3 Å². The normalized spacial score (nSPS) is 17.0. The average molecular weight is 497 g/mol. The van der Waals surface area contributed by atoms with Crippen molar-refractivity contribution in [2.75, 3.05) is 14.2 Å². The highest BCUT2D eigenvalue weighted by Gasteiger charge is 2.49. The second kappa shape index (κ2) is 9.79. The van der Waals surface area contributed by atoms with Crippen LogP contribution in [0.15, 0.2) is 54.9 Å². The van der Waals surface area contributed by atoms with Crippen molar-refractivity contribution in [1.82, 2.24) is 19.8 Å². The molecule has 0 spiro atoms. The molecule has 2 amide bonds. The molecule has 0 fully saturated rings. The van der Waals surface area contributed by atoms with Crippen LogP contribution in [0.3, 0.4) is 0 Å². The van der Waals surface area contributed by atoms with E-state index in [9.17, 15) is 14.4 Å². The number of hydrogen-bond donors (Lipinski definition) is 1. The molecule has 1 aromatic heterocycles. The van der Waals surface area contributed by atoms with E-state index in [1.807, 2.05) is 24.3 Å². The number of carbonyl (C=O) groups excluding carboxylic acids is 3. The van der Waals surface area contributed by atoms with E-state index in [0.29, 0.717) is 16.3 Å². The van der Waals surface area contributed by atoms with Gasteiger partial charge < -0.3 is 24.3 Å². The van der Waals surface area contributed by atoms with Crippen LogP contribution in [-0.2, 0) is 29.2 Å². The quantitative estimate of drug-likeness (QED) is 0.504. The minimum atomic E-state index is -1.31. The van der Waals surface area contributed by atoms with E-state index in [2.05, 4.69) is 10.3 Å². The topological polar surface area (TPSA) is 103 Å². The van der Waals surface area contributed by atoms with Gasteiger partial charge in [-0.1, -0.05) is 48.0 Å². The molecule has 0 aliphatic carbocycles. The zero-order valence-corrected chi connectivity index (χ0v) is 20.3. The van der Waals surface area contributed by atoms with E-state index < -0.39 is 17.4 Å². The van der Waals surface area contributed by atoms with Crippen LogP contribution in [-0.4, -0.2) is 52.0 Å². The largest absolute Gasteiger partial charge is 0.496 e. The molecule has 0 saturated heterocycles. The summed E-state index contributed by atoms with van der Waals surface area (Å²) in [7, 11) is 2.78. The molecule has 9 nitrogen and oxygen atoms in total. The first kappa shape index (κ1) is 24.3.